The zero-order valence-corrected chi connectivity index (χ0v) is 24.4. The number of hydrogen-bond donors (Lipinski definition) is 1. The predicted octanol–water partition coefficient (Wildman–Crippen LogP) is 6.04. The zero-order chi connectivity index (χ0) is 29.5. The van der Waals surface area contributed by atoms with Gasteiger partial charge in [0.2, 0.25) is 5.91 Å². The van der Waals surface area contributed by atoms with E-state index in [9.17, 15) is 22.8 Å². The molecule has 0 saturated carbocycles. The minimum atomic E-state index is -4.41. The normalized spacial score (nSPS) is 16.8. The number of carbonyl (C=O) groups excluding carboxylic acids is 2. The summed E-state index contributed by atoms with van der Waals surface area (Å²) in [5.74, 6) is -0.151. The molecular formula is C30H31BrF3N5O2. The Morgan fingerprint density at radius 1 is 1.15 bits per heavy atom. The molecule has 41 heavy (non-hydrogen) atoms. The topological polar surface area (TPSA) is 70.5 Å². The van der Waals surface area contributed by atoms with Gasteiger partial charge in [0.15, 0.2) is 0 Å². The monoisotopic (exact) mass is 629 g/mol. The van der Waals surface area contributed by atoms with Crippen molar-refractivity contribution in [3.05, 3.63) is 87.7 Å². The highest BCUT2D eigenvalue weighted by atomic mass is 79.9. The summed E-state index contributed by atoms with van der Waals surface area (Å²) >= 11 is 3.27. The van der Waals surface area contributed by atoms with Crippen LogP contribution in [0.1, 0.15) is 58.7 Å². The Balaban J connectivity index is 1.52. The molecule has 11 heteroatoms. The number of aromatic nitrogens is 2. The molecule has 5 rings (SSSR count). The number of rotatable bonds is 6. The highest BCUT2D eigenvalue weighted by Crippen LogP contribution is 2.38. The summed E-state index contributed by atoms with van der Waals surface area (Å²) in [7, 11) is 0. The van der Waals surface area contributed by atoms with Crippen molar-refractivity contribution in [3.8, 4) is 5.69 Å². The SMILES string of the molecule is C=CC(=O)N1CCc2nn(-c3ccc(C(C)C)cc3)c3c2[C@H](C1)N(C(=O)c1ccc(Br)c(NCC(F)(F)F)c1)CC3. The maximum Gasteiger partial charge on any atom is 0.405 e. The van der Waals surface area contributed by atoms with Gasteiger partial charge in [-0.05, 0) is 63.8 Å². The fourth-order valence-corrected chi connectivity index (χ4v) is 5.92. The van der Waals surface area contributed by atoms with Gasteiger partial charge in [0.05, 0.1) is 23.1 Å². The first-order chi connectivity index (χ1) is 19.5. The number of nitrogens with zero attached hydrogens (tertiary/aromatic N) is 4. The van der Waals surface area contributed by atoms with Crippen LogP contribution in [0, 0.1) is 0 Å². The minimum Gasteiger partial charge on any atom is -0.376 e. The van der Waals surface area contributed by atoms with Crippen molar-refractivity contribution in [2.75, 3.05) is 31.5 Å². The molecule has 0 bridgehead atoms. The average molecular weight is 631 g/mol. The lowest BCUT2D eigenvalue weighted by atomic mass is 9.94. The van der Waals surface area contributed by atoms with E-state index in [4.69, 9.17) is 5.10 Å². The van der Waals surface area contributed by atoms with Gasteiger partial charge in [-0.25, -0.2) is 4.68 Å². The molecule has 0 aliphatic carbocycles. The third-order valence-electron chi connectivity index (χ3n) is 7.65. The molecular weight excluding hydrogens is 599 g/mol. The first-order valence-corrected chi connectivity index (χ1v) is 14.3. The van der Waals surface area contributed by atoms with Crippen LogP contribution in [0.3, 0.4) is 0 Å². The maximum atomic E-state index is 13.9. The summed E-state index contributed by atoms with van der Waals surface area (Å²) < 4.78 is 40.9. The largest absolute Gasteiger partial charge is 0.405 e. The molecule has 3 heterocycles. The van der Waals surface area contributed by atoms with E-state index in [-0.39, 0.29) is 29.6 Å². The van der Waals surface area contributed by atoms with Crippen molar-refractivity contribution in [3.63, 3.8) is 0 Å². The number of benzene rings is 2. The molecule has 216 valence electrons. The molecule has 0 spiro atoms. The molecule has 3 aromatic rings. The molecule has 1 atom stereocenters. The molecule has 0 fully saturated rings. The smallest absolute Gasteiger partial charge is 0.376 e. The van der Waals surface area contributed by atoms with E-state index in [0.717, 1.165) is 22.6 Å². The van der Waals surface area contributed by atoms with Gasteiger partial charge in [-0.3, -0.25) is 9.59 Å². The van der Waals surface area contributed by atoms with Crippen molar-refractivity contribution in [2.45, 2.75) is 44.8 Å². The number of halogens is 4. The summed E-state index contributed by atoms with van der Waals surface area (Å²) in [5, 5.41) is 7.33. The van der Waals surface area contributed by atoms with Gasteiger partial charge < -0.3 is 15.1 Å². The molecule has 0 saturated heterocycles. The van der Waals surface area contributed by atoms with Crippen LogP contribution in [0.2, 0.25) is 0 Å². The summed E-state index contributed by atoms with van der Waals surface area (Å²) in [6, 6.07) is 12.4. The molecule has 1 aromatic heterocycles. The van der Waals surface area contributed by atoms with Gasteiger partial charge >= 0.3 is 6.18 Å². The van der Waals surface area contributed by atoms with E-state index in [0.29, 0.717) is 36.3 Å². The quantitative estimate of drug-likeness (QED) is 0.337. The number of amides is 2. The molecule has 2 amide bonds. The second-order valence-corrected chi connectivity index (χ2v) is 11.5. The average Bonchev–Trinajstić information content (AvgIpc) is 3.21. The van der Waals surface area contributed by atoms with Crippen molar-refractivity contribution in [2.24, 2.45) is 0 Å². The van der Waals surface area contributed by atoms with Crippen LogP contribution in [0.15, 0.2) is 59.6 Å². The summed E-state index contributed by atoms with van der Waals surface area (Å²) in [6.45, 7) is 7.75. The van der Waals surface area contributed by atoms with Gasteiger partial charge in [-0.2, -0.15) is 18.3 Å². The molecule has 2 aromatic carbocycles. The van der Waals surface area contributed by atoms with Gasteiger partial charge in [-0.1, -0.05) is 32.6 Å². The Bertz CT molecular complexity index is 1480. The van der Waals surface area contributed by atoms with Crippen LogP contribution in [0.4, 0.5) is 18.9 Å². The van der Waals surface area contributed by atoms with Gasteiger partial charge in [0, 0.05) is 53.8 Å². The standard InChI is InChI=1S/C30H31BrF3N5O2/c1-4-27(40)37-13-11-23-28-25(39(36-23)21-8-5-19(6-9-21)18(2)3)12-14-38(26(28)16-37)29(41)20-7-10-22(31)24(15-20)35-17-30(32,33)34/h4-10,15,18,26,35H,1,11-14,16-17H2,2-3H3/t26-/m0/s1. The Morgan fingerprint density at radius 2 is 1.88 bits per heavy atom. The van der Waals surface area contributed by atoms with Crippen molar-refractivity contribution in [1.29, 1.82) is 0 Å². The minimum absolute atomic E-state index is 0.175. The number of anilines is 1. The lowest BCUT2D eigenvalue weighted by Crippen LogP contribution is -2.45. The van der Waals surface area contributed by atoms with Crippen LogP contribution in [0.25, 0.3) is 5.69 Å². The fourth-order valence-electron chi connectivity index (χ4n) is 5.54. The van der Waals surface area contributed by atoms with Crippen molar-refractivity contribution >= 4 is 33.4 Å². The van der Waals surface area contributed by atoms with E-state index >= 15 is 0 Å². The Morgan fingerprint density at radius 3 is 2.54 bits per heavy atom. The van der Waals surface area contributed by atoms with E-state index in [1.807, 2.05) is 4.68 Å². The maximum absolute atomic E-state index is 13.9. The van der Waals surface area contributed by atoms with Crippen LogP contribution in [-0.4, -0.2) is 63.7 Å². The number of hydrogen-bond acceptors (Lipinski definition) is 4. The lowest BCUT2D eigenvalue weighted by Gasteiger charge is -2.38. The number of alkyl halides is 3. The first kappa shape index (κ1) is 28.9. The van der Waals surface area contributed by atoms with E-state index < -0.39 is 18.8 Å². The predicted molar refractivity (Wildman–Crippen MR) is 154 cm³/mol. The molecule has 0 radical (unpaired) electrons. The van der Waals surface area contributed by atoms with Crippen LogP contribution in [-0.2, 0) is 17.6 Å². The van der Waals surface area contributed by atoms with E-state index in [1.165, 1.54) is 17.7 Å². The Labute approximate surface area is 245 Å². The summed E-state index contributed by atoms with van der Waals surface area (Å²) in [4.78, 5) is 30.0. The number of nitrogens with one attached hydrogen (secondary N) is 1. The van der Waals surface area contributed by atoms with Crippen molar-refractivity contribution in [1.82, 2.24) is 19.6 Å². The third-order valence-corrected chi connectivity index (χ3v) is 8.34. The number of carbonyl (C=O) groups is 2. The Hall–Kier alpha value is -3.60. The lowest BCUT2D eigenvalue weighted by molar-refractivity contribution is -0.126. The first-order valence-electron chi connectivity index (χ1n) is 13.5. The highest BCUT2D eigenvalue weighted by molar-refractivity contribution is 9.10. The second kappa shape index (κ2) is 11.3. The Kier molecular flexibility index (Phi) is 8.00. The molecule has 7 nitrogen and oxygen atoms in total. The molecule has 1 N–H and O–H groups in total. The van der Waals surface area contributed by atoms with E-state index in [1.54, 1.807) is 21.9 Å². The van der Waals surface area contributed by atoms with Gasteiger partial charge in [-0.15, -0.1) is 0 Å². The van der Waals surface area contributed by atoms with Crippen LogP contribution >= 0.6 is 15.9 Å². The van der Waals surface area contributed by atoms with Gasteiger partial charge in [0.25, 0.3) is 5.91 Å². The fraction of sp³-hybridized carbons (Fsp3) is 0.367. The van der Waals surface area contributed by atoms with Crippen molar-refractivity contribution < 1.29 is 22.8 Å². The zero-order valence-electron chi connectivity index (χ0n) is 22.8. The molecule has 2 aliphatic heterocycles. The third kappa shape index (κ3) is 5.91. The second-order valence-electron chi connectivity index (χ2n) is 10.6. The highest BCUT2D eigenvalue weighted by Gasteiger charge is 2.40. The molecule has 0 unspecified atom stereocenters. The summed E-state index contributed by atoms with van der Waals surface area (Å²) in [6.07, 6.45) is -2.07. The summed E-state index contributed by atoms with van der Waals surface area (Å²) in [5.41, 5.74) is 5.36. The molecule has 2 aliphatic rings. The van der Waals surface area contributed by atoms with Crippen LogP contribution < -0.4 is 5.32 Å². The van der Waals surface area contributed by atoms with Crippen LogP contribution in [0.5, 0.6) is 0 Å². The van der Waals surface area contributed by atoms with Gasteiger partial charge in [0.1, 0.15) is 6.54 Å². The van der Waals surface area contributed by atoms with E-state index in [2.05, 4.69) is 65.9 Å².